The van der Waals surface area contributed by atoms with E-state index >= 15 is 0 Å². The van der Waals surface area contributed by atoms with Gasteiger partial charge in [-0.1, -0.05) is 63.6 Å². The van der Waals surface area contributed by atoms with Gasteiger partial charge in [0.05, 0.1) is 12.0 Å². The summed E-state index contributed by atoms with van der Waals surface area (Å²) in [6.45, 7) is 4.53. The molecule has 0 radical (unpaired) electrons. The lowest BCUT2D eigenvalue weighted by Gasteiger charge is -2.20. The number of H-pyrrole nitrogens is 1. The Morgan fingerprint density at radius 1 is 0.727 bits per heavy atom. The molecule has 0 saturated carbocycles. The molecule has 0 aliphatic heterocycles. The van der Waals surface area contributed by atoms with Crippen LogP contribution in [0.25, 0.3) is 10.9 Å². The maximum Gasteiger partial charge on any atom is 0.307 e. The Hall–Kier alpha value is -4.23. The van der Waals surface area contributed by atoms with Gasteiger partial charge < -0.3 is 36.4 Å². The van der Waals surface area contributed by atoms with Crippen molar-refractivity contribution in [3.05, 3.63) is 36.0 Å². The van der Waals surface area contributed by atoms with Crippen molar-refractivity contribution in [1.29, 1.82) is 0 Å². The van der Waals surface area contributed by atoms with Crippen LogP contribution in [-0.4, -0.2) is 81.9 Å². The number of aliphatic carboxylic acids is 2. The van der Waals surface area contributed by atoms with Gasteiger partial charge in [-0.05, 0) is 70.2 Å². The molecule has 2 aromatic rings. The van der Waals surface area contributed by atoms with Gasteiger partial charge in [-0.2, -0.15) is 0 Å². The van der Waals surface area contributed by atoms with Crippen LogP contribution in [0.3, 0.4) is 0 Å². The van der Waals surface area contributed by atoms with Crippen LogP contribution in [0, 0.1) is 17.8 Å². The SMILES string of the molecule is CCCCCCCCCC(=O)CCCNCC[C@H](N)C(=O)C[C@H](Cc1c[nH]c2ccccc12)C(=O)NCC[C@H](CC(=O)[C@@H](CCC(=O)O)CC(C)=O)C(=O)O. The molecule has 13 nitrogen and oxygen atoms in total. The third-order valence-corrected chi connectivity index (χ3v) is 10.2. The monoisotopic (exact) mass is 768 g/mol. The fraction of sp³-hybridized carbons (Fsp3) is 0.643. The first-order valence-electron chi connectivity index (χ1n) is 20.1. The first kappa shape index (κ1) is 46.9. The Morgan fingerprint density at radius 3 is 2.09 bits per heavy atom. The predicted octanol–water partition coefficient (Wildman–Crippen LogP) is 5.71. The molecule has 1 aromatic heterocycles. The molecule has 1 aromatic carbocycles. The van der Waals surface area contributed by atoms with E-state index in [0.717, 1.165) is 29.3 Å². The maximum atomic E-state index is 13.6. The molecule has 2 rings (SSSR count). The summed E-state index contributed by atoms with van der Waals surface area (Å²) in [6.07, 6.45) is 11.3. The average Bonchev–Trinajstić information content (AvgIpc) is 3.55. The molecular weight excluding hydrogens is 704 g/mol. The molecule has 7 N–H and O–H groups in total. The number of aromatic amines is 1. The number of hydrogen-bond acceptors (Lipinski definition) is 9. The van der Waals surface area contributed by atoms with E-state index in [2.05, 4.69) is 22.5 Å². The number of fused-ring (bicyclic) bond motifs is 1. The van der Waals surface area contributed by atoms with Crippen molar-refractivity contribution >= 4 is 51.9 Å². The second kappa shape index (κ2) is 26.6. The Kier molecular flexibility index (Phi) is 22.7. The minimum Gasteiger partial charge on any atom is -0.481 e. The molecular formula is C42H64N4O9. The lowest BCUT2D eigenvalue weighted by molar-refractivity contribution is -0.145. The van der Waals surface area contributed by atoms with Crippen LogP contribution < -0.4 is 16.4 Å². The van der Waals surface area contributed by atoms with Gasteiger partial charge in [0.1, 0.15) is 23.1 Å². The highest BCUT2D eigenvalue weighted by atomic mass is 16.4. The van der Waals surface area contributed by atoms with Crippen LogP contribution in [0.2, 0.25) is 0 Å². The number of benzene rings is 1. The fourth-order valence-electron chi connectivity index (χ4n) is 6.83. The lowest BCUT2D eigenvalue weighted by atomic mass is 9.86. The Morgan fingerprint density at radius 2 is 1.40 bits per heavy atom. The summed E-state index contributed by atoms with van der Waals surface area (Å²) in [6, 6.07) is 6.78. The van der Waals surface area contributed by atoms with E-state index in [1.807, 2.05) is 24.3 Å². The van der Waals surface area contributed by atoms with Crippen LogP contribution in [0.15, 0.2) is 30.5 Å². The van der Waals surface area contributed by atoms with Crippen molar-refractivity contribution in [2.75, 3.05) is 19.6 Å². The number of amides is 1. The van der Waals surface area contributed by atoms with E-state index < -0.39 is 53.8 Å². The highest BCUT2D eigenvalue weighted by Crippen LogP contribution is 2.24. The number of carbonyl (C=O) groups is 7. The second-order valence-corrected chi connectivity index (χ2v) is 14.9. The zero-order valence-electron chi connectivity index (χ0n) is 32.9. The Labute approximate surface area is 325 Å². The van der Waals surface area contributed by atoms with Crippen molar-refractivity contribution in [2.24, 2.45) is 23.5 Å². The smallest absolute Gasteiger partial charge is 0.307 e. The molecule has 55 heavy (non-hydrogen) atoms. The zero-order valence-corrected chi connectivity index (χ0v) is 32.9. The molecule has 0 unspecified atom stereocenters. The van der Waals surface area contributed by atoms with Crippen LogP contribution in [0.4, 0.5) is 0 Å². The maximum absolute atomic E-state index is 13.6. The van der Waals surface area contributed by atoms with E-state index in [9.17, 15) is 38.7 Å². The Balaban J connectivity index is 1.91. The number of hydrogen-bond donors (Lipinski definition) is 6. The van der Waals surface area contributed by atoms with Gasteiger partial charge in [-0.3, -0.25) is 28.8 Å². The number of nitrogens with one attached hydrogen (secondary N) is 3. The van der Waals surface area contributed by atoms with E-state index in [0.29, 0.717) is 38.8 Å². The van der Waals surface area contributed by atoms with Gasteiger partial charge in [0.15, 0.2) is 0 Å². The molecule has 0 aliphatic carbocycles. The van der Waals surface area contributed by atoms with E-state index in [1.165, 1.54) is 39.0 Å². The third kappa shape index (κ3) is 19.3. The number of para-hydroxylation sites is 1. The predicted molar refractivity (Wildman–Crippen MR) is 211 cm³/mol. The summed E-state index contributed by atoms with van der Waals surface area (Å²) in [5.74, 6) is -6.48. The first-order chi connectivity index (χ1) is 26.3. The number of Topliss-reactive ketones (excluding diaryl/α,β-unsaturated/α-hetero) is 4. The molecule has 306 valence electrons. The zero-order chi connectivity index (χ0) is 40.6. The van der Waals surface area contributed by atoms with Crippen molar-refractivity contribution in [1.82, 2.24) is 15.6 Å². The van der Waals surface area contributed by atoms with E-state index in [4.69, 9.17) is 10.8 Å². The van der Waals surface area contributed by atoms with Crippen molar-refractivity contribution in [2.45, 2.75) is 135 Å². The van der Waals surface area contributed by atoms with Gasteiger partial charge >= 0.3 is 11.9 Å². The third-order valence-electron chi connectivity index (χ3n) is 10.2. The van der Waals surface area contributed by atoms with Crippen LogP contribution >= 0.6 is 0 Å². The summed E-state index contributed by atoms with van der Waals surface area (Å²) in [5.41, 5.74) is 8.00. The number of rotatable bonds is 33. The molecule has 0 spiro atoms. The molecule has 0 saturated heterocycles. The normalized spacial score (nSPS) is 13.5. The standard InChI is InChI=1S/C42H64N4O9/c1-3-4-5-6-7-8-9-13-34(48)14-12-21-44-22-20-36(43)39(50)27-32(25-33-28-46-37-16-11-10-15-35(33)37)41(53)45-23-19-31(42(54)55)26-38(49)30(24-29(2)47)17-18-40(51)52/h10-11,15-16,28,30-32,36,44,46H,3-9,12-14,17-27,43H2,1-2H3,(H,45,53)(H,51,52)(H,54,55)/t30-,31+,32-,36-/m0/s1. The van der Waals surface area contributed by atoms with Crippen LogP contribution in [0.5, 0.6) is 0 Å². The minimum absolute atomic E-state index is 0.0705. The molecule has 1 amide bonds. The van der Waals surface area contributed by atoms with E-state index in [1.54, 1.807) is 6.20 Å². The van der Waals surface area contributed by atoms with Crippen molar-refractivity contribution in [3.8, 4) is 0 Å². The van der Waals surface area contributed by atoms with Gasteiger partial charge in [0, 0.05) is 74.0 Å². The summed E-state index contributed by atoms with van der Waals surface area (Å²) in [7, 11) is 0. The number of ketones is 4. The number of unbranched alkanes of at least 4 members (excludes halogenated alkanes) is 6. The number of nitrogens with two attached hydrogens (primary N) is 1. The summed E-state index contributed by atoms with van der Waals surface area (Å²) >= 11 is 0. The molecule has 1 heterocycles. The fourth-order valence-corrected chi connectivity index (χ4v) is 6.83. The van der Waals surface area contributed by atoms with Gasteiger partial charge in [-0.25, -0.2) is 0 Å². The van der Waals surface area contributed by atoms with Gasteiger partial charge in [-0.15, -0.1) is 0 Å². The topological polar surface area (TPSA) is 226 Å². The quantitative estimate of drug-likeness (QED) is 0.0482. The minimum atomic E-state index is -1.25. The first-order valence-corrected chi connectivity index (χ1v) is 20.1. The second-order valence-electron chi connectivity index (χ2n) is 14.9. The highest BCUT2D eigenvalue weighted by molar-refractivity contribution is 5.91. The number of carboxylic acid groups (broad SMARTS) is 2. The average molecular weight is 769 g/mol. The highest BCUT2D eigenvalue weighted by Gasteiger charge is 2.29. The number of carboxylic acids is 2. The molecule has 13 heteroatoms. The number of aromatic nitrogens is 1. The van der Waals surface area contributed by atoms with Crippen molar-refractivity contribution < 1.29 is 43.8 Å². The molecule has 0 fully saturated rings. The van der Waals surface area contributed by atoms with Crippen molar-refractivity contribution in [3.63, 3.8) is 0 Å². The molecule has 0 bridgehead atoms. The summed E-state index contributed by atoms with van der Waals surface area (Å²) in [4.78, 5) is 90.1. The van der Waals surface area contributed by atoms with Crippen LogP contribution in [-0.2, 0) is 40.0 Å². The number of carbonyl (C=O) groups excluding carboxylic acids is 5. The van der Waals surface area contributed by atoms with Gasteiger partial charge in [0.25, 0.3) is 0 Å². The Bertz CT molecular complexity index is 1540. The van der Waals surface area contributed by atoms with Crippen LogP contribution in [0.1, 0.15) is 129 Å². The largest absolute Gasteiger partial charge is 0.481 e. The molecule has 0 aliphatic rings. The van der Waals surface area contributed by atoms with E-state index in [-0.39, 0.29) is 62.4 Å². The lowest BCUT2D eigenvalue weighted by Crippen LogP contribution is -2.40. The van der Waals surface area contributed by atoms with Gasteiger partial charge in [0.2, 0.25) is 5.91 Å². The summed E-state index contributed by atoms with van der Waals surface area (Å²) in [5, 5.41) is 25.8. The summed E-state index contributed by atoms with van der Waals surface area (Å²) < 4.78 is 0. The molecule has 4 atom stereocenters.